The van der Waals surface area contributed by atoms with Gasteiger partial charge in [-0.25, -0.2) is 0 Å². The Morgan fingerprint density at radius 2 is 1.73 bits per heavy atom. The van der Waals surface area contributed by atoms with Gasteiger partial charge in [-0.3, -0.25) is 9.59 Å². The van der Waals surface area contributed by atoms with Crippen molar-refractivity contribution in [2.75, 3.05) is 17.2 Å². The number of halogens is 1. The first-order valence-electron chi connectivity index (χ1n) is 8.51. The quantitative estimate of drug-likeness (QED) is 0.639. The van der Waals surface area contributed by atoms with E-state index in [-0.39, 0.29) is 24.4 Å². The van der Waals surface area contributed by atoms with Crippen molar-refractivity contribution in [2.24, 2.45) is 0 Å². The third-order valence-corrected chi connectivity index (χ3v) is 4.28. The smallest absolute Gasteiger partial charge is 0.243 e. The highest BCUT2D eigenvalue weighted by atomic mass is 79.9. The molecule has 0 heterocycles. The molecule has 0 radical (unpaired) electrons. The van der Waals surface area contributed by atoms with E-state index >= 15 is 0 Å². The van der Waals surface area contributed by atoms with Crippen LogP contribution in [0.15, 0.2) is 46.9 Å². The number of aryl methyl sites for hydroxylation is 1. The number of hydrogen-bond donors (Lipinski definition) is 3. The number of hydrogen-bond acceptors (Lipinski definition) is 3. The Kier molecular flexibility index (Phi) is 7.21. The highest BCUT2D eigenvalue weighted by Crippen LogP contribution is 2.23. The van der Waals surface area contributed by atoms with E-state index in [0.717, 1.165) is 27.0 Å². The average Bonchev–Trinajstić information content (AvgIpc) is 2.56. The summed E-state index contributed by atoms with van der Waals surface area (Å²) in [6.07, 6.45) is 0.348. The molecule has 0 aliphatic rings. The maximum absolute atomic E-state index is 12.1. The van der Waals surface area contributed by atoms with Crippen LogP contribution in [0.3, 0.4) is 0 Å². The zero-order valence-corrected chi connectivity index (χ0v) is 16.8. The van der Waals surface area contributed by atoms with Crippen LogP contribution >= 0.6 is 15.9 Å². The topological polar surface area (TPSA) is 70.2 Å². The molecule has 2 amide bonds. The fraction of sp³-hybridized carbons (Fsp3) is 0.300. The maximum atomic E-state index is 12.1. The standard InChI is InChI=1S/C20H24BrN3O2/c1-13(2)23-19(25)11-15-5-7-16(8-6-15)22-12-20(26)24-18-9-4-14(3)10-17(18)21/h4-10,13,22H,11-12H2,1-3H3,(H,23,25)(H,24,26). The number of anilines is 2. The lowest BCUT2D eigenvalue weighted by molar-refractivity contribution is -0.121. The molecule has 26 heavy (non-hydrogen) atoms. The molecule has 2 aromatic rings. The predicted molar refractivity (Wildman–Crippen MR) is 109 cm³/mol. The first kappa shape index (κ1) is 20.0. The zero-order valence-electron chi connectivity index (χ0n) is 15.2. The van der Waals surface area contributed by atoms with Gasteiger partial charge >= 0.3 is 0 Å². The van der Waals surface area contributed by atoms with E-state index in [1.807, 2.05) is 63.2 Å². The van der Waals surface area contributed by atoms with Crippen LogP contribution in [0.5, 0.6) is 0 Å². The van der Waals surface area contributed by atoms with Gasteiger partial charge in [0.15, 0.2) is 0 Å². The summed E-state index contributed by atoms with van der Waals surface area (Å²) in [5.74, 6) is -0.126. The lowest BCUT2D eigenvalue weighted by atomic mass is 10.1. The van der Waals surface area contributed by atoms with Gasteiger partial charge in [0, 0.05) is 16.2 Å². The molecule has 2 aromatic carbocycles. The summed E-state index contributed by atoms with van der Waals surface area (Å²) >= 11 is 3.45. The molecule has 0 bridgehead atoms. The van der Waals surface area contributed by atoms with Gasteiger partial charge in [-0.1, -0.05) is 18.2 Å². The van der Waals surface area contributed by atoms with E-state index in [1.54, 1.807) is 0 Å². The highest BCUT2D eigenvalue weighted by molar-refractivity contribution is 9.10. The van der Waals surface area contributed by atoms with Crippen LogP contribution in [0.2, 0.25) is 0 Å². The van der Waals surface area contributed by atoms with Crippen LogP contribution in [0.4, 0.5) is 11.4 Å². The number of nitrogens with one attached hydrogen (secondary N) is 3. The fourth-order valence-electron chi connectivity index (χ4n) is 2.40. The number of carbonyl (C=O) groups is 2. The number of carbonyl (C=O) groups excluding carboxylic acids is 2. The van der Waals surface area contributed by atoms with Crippen LogP contribution < -0.4 is 16.0 Å². The zero-order chi connectivity index (χ0) is 19.1. The molecule has 0 aliphatic heterocycles. The second-order valence-corrected chi connectivity index (χ2v) is 7.34. The molecule has 0 saturated carbocycles. The minimum atomic E-state index is -0.130. The van der Waals surface area contributed by atoms with Crippen LogP contribution in [-0.2, 0) is 16.0 Å². The normalized spacial score (nSPS) is 10.5. The van der Waals surface area contributed by atoms with Gasteiger partial charge < -0.3 is 16.0 Å². The third kappa shape index (κ3) is 6.52. The molecule has 3 N–H and O–H groups in total. The van der Waals surface area contributed by atoms with Gasteiger partial charge in [0.1, 0.15) is 0 Å². The summed E-state index contributed by atoms with van der Waals surface area (Å²) in [5, 5.41) is 8.81. The van der Waals surface area contributed by atoms with Crippen LogP contribution in [-0.4, -0.2) is 24.4 Å². The van der Waals surface area contributed by atoms with Crippen molar-refractivity contribution in [3.05, 3.63) is 58.1 Å². The number of benzene rings is 2. The molecular weight excluding hydrogens is 394 g/mol. The Morgan fingerprint density at radius 1 is 1.04 bits per heavy atom. The third-order valence-electron chi connectivity index (χ3n) is 3.62. The summed E-state index contributed by atoms with van der Waals surface area (Å²) < 4.78 is 0.856. The maximum Gasteiger partial charge on any atom is 0.243 e. The largest absolute Gasteiger partial charge is 0.376 e. The van der Waals surface area contributed by atoms with Crippen molar-refractivity contribution < 1.29 is 9.59 Å². The molecule has 2 rings (SSSR count). The van der Waals surface area contributed by atoms with Gasteiger partial charge in [0.2, 0.25) is 11.8 Å². The molecule has 0 fully saturated rings. The summed E-state index contributed by atoms with van der Waals surface area (Å²) in [6, 6.07) is 13.4. The van der Waals surface area contributed by atoms with Gasteiger partial charge in [-0.15, -0.1) is 0 Å². The molecule has 0 unspecified atom stereocenters. The first-order chi connectivity index (χ1) is 12.3. The Labute approximate surface area is 162 Å². The van der Waals surface area contributed by atoms with Crippen LogP contribution in [0.1, 0.15) is 25.0 Å². The summed E-state index contributed by atoms with van der Waals surface area (Å²) in [7, 11) is 0. The van der Waals surface area contributed by atoms with Crippen molar-refractivity contribution in [2.45, 2.75) is 33.2 Å². The van der Waals surface area contributed by atoms with E-state index in [2.05, 4.69) is 31.9 Å². The summed E-state index contributed by atoms with van der Waals surface area (Å²) in [4.78, 5) is 23.9. The van der Waals surface area contributed by atoms with Gasteiger partial charge in [0.05, 0.1) is 18.7 Å². The van der Waals surface area contributed by atoms with E-state index in [0.29, 0.717) is 6.42 Å². The average molecular weight is 418 g/mol. The second-order valence-electron chi connectivity index (χ2n) is 6.48. The van der Waals surface area contributed by atoms with Crippen molar-refractivity contribution >= 4 is 39.1 Å². The predicted octanol–water partition coefficient (Wildman–Crippen LogP) is 3.88. The Bertz CT molecular complexity index is 773. The Balaban J connectivity index is 1.83. The number of rotatable bonds is 7. The molecule has 6 heteroatoms. The minimum Gasteiger partial charge on any atom is -0.376 e. The molecule has 138 valence electrons. The van der Waals surface area contributed by atoms with Crippen LogP contribution in [0, 0.1) is 6.92 Å². The van der Waals surface area contributed by atoms with E-state index in [4.69, 9.17) is 0 Å². The monoisotopic (exact) mass is 417 g/mol. The molecule has 0 aromatic heterocycles. The van der Waals surface area contributed by atoms with Crippen molar-refractivity contribution in [3.8, 4) is 0 Å². The van der Waals surface area contributed by atoms with Crippen molar-refractivity contribution in [3.63, 3.8) is 0 Å². The van der Waals surface area contributed by atoms with Crippen molar-refractivity contribution in [1.82, 2.24) is 5.32 Å². The SMILES string of the molecule is Cc1ccc(NC(=O)CNc2ccc(CC(=O)NC(C)C)cc2)c(Br)c1. The van der Waals surface area contributed by atoms with Crippen LogP contribution in [0.25, 0.3) is 0 Å². The molecule has 5 nitrogen and oxygen atoms in total. The summed E-state index contributed by atoms with van der Waals surface area (Å²) in [5.41, 5.74) is 3.63. The lowest BCUT2D eigenvalue weighted by Gasteiger charge is -2.11. The molecular formula is C20H24BrN3O2. The fourth-order valence-corrected chi connectivity index (χ4v) is 2.99. The molecule has 0 saturated heterocycles. The van der Waals surface area contributed by atoms with E-state index in [9.17, 15) is 9.59 Å². The van der Waals surface area contributed by atoms with Gasteiger partial charge in [-0.05, 0) is 72.1 Å². The summed E-state index contributed by atoms with van der Waals surface area (Å²) in [6.45, 7) is 6.03. The van der Waals surface area contributed by atoms with Crippen molar-refractivity contribution in [1.29, 1.82) is 0 Å². The number of amides is 2. The highest BCUT2D eigenvalue weighted by Gasteiger charge is 2.07. The first-order valence-corrected chi connectivity index (χ1v) is 9.31. The minimum absolute atomic E-state index is 0.00348. The van der Waals surface area contributed by atoms with Gasteiger partial charge in [0.25, 0.3) is 0 Å². The van der Waals surface area contributed by atoms with E-state index in [1.165, 1.54) is 0 Å². The molecule has 0 atom stereocenters. The Morgan fingerprint density at radius 3 is 2.35 bits per heavy atom. The Hall–Kier alpha value is -2.34. The second kappa shape index (κ2) is 9.38. The van der Waals surface area contributed by atoms with Gasteiger partial charge in [-0.2, -0.15) is 0 Å². The lowest BCUT2D eigenvalue weighted by Crippen LogP contribution is -2.31. The molecule has 0 aliphatic carbocycles. The van der Waals surface area contributed by atoms with E-state index < -0.39 is 0 Å². The molecule has 0 spiro atoms.